The van der Waals surface area contributed by atoms with Crippen molar-refractivity contribution in [1.29, 1.82) is 0 Å². The summed E-state index contributed by atoms with van der Waals surface area (Å²) >= 11 is 5.80. The van der Waals surface area contributed by atoms with Crippen LogP contribution in [-0.2, 0) is 17.8 Å². The molecule has 0 amide bonds. The van der Waals surface area contributed by atoms with Crippen LogP contribution < -0.4 is 5.32 Å². The highest BCUT2D eigenvalue weighted by molar-refractivity contribution is 6.30. The highest BCUT2D eigenvalue weighted by Gasteiger charge is 2.08. The summed E-state index contributed by atoms with van der Waals surface area (Å²) in [6.07, 6.45) is 1.85. The van der Waals surface area contributed by atoms with Crippen LogP contribution in [-0.4, -0.2) is 30.0 Å². The number of nitrogens with zero attached hydrogens (tertiary/aromatic N) is 2. The van der Waals surface area contributed by atoms with Crippen LogP contribution in [0.4, 0.5) is 4.39 Å². The molecule has 0 radical (unpaired) electrons. The van der Waals surface area contributed by atoms with Gasteiger partial charge in [-0.05, 0) is 24.6 Å². The maximum Gasteiger partial charge on any atom is 0.141 e. The summed E-state index contributed by atoms with van der Waals surface area (Å²) in [6, 6.07) is 4.73. The molecule has 0 saturated heterocycles. The van der Waals surface area contributed by atoms with Crippen LogP contribution in [0.25, 0.3) is 0 Å². The molecule has 0 aliphatic heterocycles. The minimum Gasteiger partial charge on any atom is -0.383 e. The molecule has 0 aliphatic carbocycles. The summed E-state index contributed by atoms with van der Waals surface area (Å²) in [5.41, 5.74) is 3.14. The van der Waals surface area contributed by atoms with Gasteiger partial charge < -0.3 is 10.1 Å². The van der Waals surface area contributed by atoms with E-state index in [-0.39, 0.29) is 5.02 Å². The van der Waals surface area contributed by atoms with Crippen LogP contribution in [0.1, 0.15) is 16.8 Å². The molecule has 6 heteroatoms. The number of rotatable bonds is 7. The number of aromatic nitrogens is 2. The molecule has 1 aromatic heterocycles. The Morgan fingerprint density at radius 3 is 2.95 bits per heavy atom. The van der Waals surface area contributed by atoms with E-state index in [1.54, 1.807) is 19.2 Å². The summed E-state index contributed by atoms with van der Waals surface area (Å²) in [7, 11) is 1.68. The Bertz CT molecular complexity index is 601. The molecule has 1 N–H and O–H groups in total. The topological polar surface area (TPSA) is 39.1 Å². The zero-order valence-corrected chi connectivity index (χ0v) is 13.0. The predicted octanol–water partition coefficient (Wildman–Crippen LogP) is 2.77. The second-order valence-electron chi connectivity index (χ2n) is 4.83. The van der Waals surface area contributed by atoms with Crippen molar-refractivity contribution in [2.24, 2.45) is 0 Å². The monoisotopic (exact) mass is 311 g/mol. The maximum absolute atomic E-state index is 13.2. The largest absolute Gasteiger partial charge is 0.383 e. The third-order valence-electron chi connectivity index (χ3n) is 3.32. The lowest BCUT2D eigenvalue weighted by Crippen LogP contribution is -2.18. The summed E-state index contributed by atoms with van der Waals surface area (Å²) < 4.78 is 20.0. The fraction of sp³-hybridized carbons (Fsp3) is 0.400. The van der Waals surface area contributed by atoms with Crippen LogP contribution >= 0.6 is 11.6 Å². The van der Waals surface area contributed by atoms with Gasteiger partial charge >= 0.3 is 0 Å². The Morgan fingerprint density at radius 2 is 2.24 bits per heavy atom. The molecule has 2 rings (SSSR count). The lowest BCUT2D eigenvalue weighted by atomic mass is 10.2. The molecule has 0 saturated carbocycles. The lowest BCUT2D eigenvalue weighted by Gasteiger charge is -2.07. The van der Waals surface area contributed by atoms with Crippen LogP contribution in [0.2, 0.25) is 5.02 Å². The van der Waals surface area contributed by atoms with E-state index in [9.17, 15) is 4.39 Å². The van der Waals surface area contributed by atoms with E-state index in [4.69, 9.17) is 16.3 Å². The van der Waals surface area contributed by atoms with Gasteiger partial charge in [0.05, 0.1) is 24.4 Å². The van der Waals surface area contributed by atoms with Crippen molar-refractivity contribution in [1.82, 2.24) is 15.1 Å². The summed E-state index contributed by atoms with van der Waals surface area (Å²) in [4.78, 5) is 0. The van der Waals surface area contributed by atoms with Gasteiger partial charge in [-0.15, -0.1) is 0 Å². The number of benzene rings is 1. The highest BCUT2D eigenvalue weighted by Crippen LogP contribution is 2.17. The molecule has 1 heterocycles. The number of halogens is 2. The van der Waals surface area contributed by atoms with Crippen LogP contribution in [0, 0.1) is 12.7 Å². The van der Waals surface area contributed by atoms with Gasteiger partial charge in [0.25, 0.3) is 0 Å². The Morgan fingerprint density at radius 1 is 1.43 bits per heavy atom. The predicted molar refractivity (Wildman–Crippen MR) is 81.1 cm³/mol. The lowest BCUT2D eigenvalue weighted by molar-refractivity contribution is 0.199. The first-order chi connectivity index (χ1) is 10.1. The van der Waals surface area contributed by atoms with Crippen LogP contribution in [0.15, 0.2) is 24.4 Å². The Hall–Kier alpha value is -1.43. The first-order valence-corrected chi connectivity index (χ1v) is 7.14. The van der Waals surface area contributed by atoms with E-state index in [1.165, 1.54) is 6.07 Å². The quantitative estimate of drug-likeness (QED) is 0.799. The summed E-state index contributed by atoms with van der Waals surface area (Å²) in [5, 5.41) is 7.80. The fourth-order valence-corrected chi connectivity index (χ4v) is 2.23. The van der Waals surface area contributed by atoms with Crippen molar-refractivity contribution >= 4 is 11.6 Å². The van der Waals surface area contributed by atoms with E-state index in [1.807, 2.05) is 17.8 Å². The molecule has 21 heavy (non-hydrogen) atoms. The molecular weight excluding hydrogens is 293 g/mol. The van der Waals surface area contributed by atoms with E-state index in [0.29, 0.717) is 13.2 Å². The van der Waals surface area contributed by atoms with Crippen molar-refractivity contribution in [2.75, 3.05) is 20.3 Å². The summed E-state index contributed by atoms with van der Waals surface area (Å²) in [5.74, 6) is -0.402. The van der Waals surface area contributed by atoms with Gasteiger partial charge in [0.15, 0.2) is 0 Å². The minimum absolute atomic E-state index is 0.138. The molecule has 0 spiro atoms. The Labute approximate surface area is 128 Å². The van der Waals surface area contributed by atoms with Gasteiger partial charge in [-0.2, -0.15) is 5.10 Å². The van der Waals surface area contributed by atoms with Gasteiger partial charge in [-0.25, -0.2) is 4.39 Å². The molecule has 0 aliphatic rings. The van der Waals surface area contributed by atoms with E-state index >= 15 is 0 Å². The van der Waals surface area contributed by atoms with Gasteiger partial charge in [-0.3, -0.25) is 4.68 Å². The molecule has 0 unspecified atom stereocenters. The number of nitrogens with one attached hydrogen (secondary N) is 1. The maximum atomic E-state index is 13.2. The fourth-order valence-electron chi connectivity index (χ4n) is 2.03. The minimum atomic E-state index is -0.402. The van der Waals surface area contributed by atoms with Gasteiger partial charge in [0.1, 0.15) is 5.82 Å². The normalized spacial score (nSPS) is 11.0. The molecule has 0 bridgehead atoms. The Kier molecular flexibility index (Phi) is 5.73. The van der Waals surface area contributed by atoms with Crippen molar-refractivity contribution < 1.29 is 9.13 Å². The third-order valence-corrected chi connectivity index (χ3v) is 3.61. The number of hydrogen-bond acceptors (Lipinski definition) is 3. The van der Waals surface area contributed by atoms with Crippen molar-refractivity contribution in [3.05, 3.63) is 52.1 Å². The molecule has 4 nitrogen and oxygen atoms in total. The van der Waals surface area contributed by atoms with E-state index in [2.05, 4.69) is 10.4 Å². The number of methoxy groups -OCH3 is 1. The van der Waals surface area contributed by atoms with Crippen LogP contribution in [0.5, 0.6) is 0 Å². The van der Waals surface area contributed by atoms with E-state index < -0.39 is 5.82 Å². The second kappa shape index (κ2) is 7.54. The molecule has 2 aromatic rings. The van der Waals surface area contributed by atoms with Crippen molar-refractivity contribution in [3.63, 3.8) is 0 Å². The standard InChI is InChI=1S/C15H19ClFN3O/c1-11-13(8-18-5-6-21-2)9-19-20(11)10-12-3-4-15(17)14(16)7-12/h3-4,7,9,18H,5-6,8,10H2,1-2H3. The Balaban J connectivity index is 2.00. The molecule has 0 atom stereocenters. The van der Waals surface area contributed by atoms with Gasteiger partial charge in [0, 0.05) is 31.5 Å². The second-order valence-corrected chi connectivity index (χ2v) is 5.24. The van der Waals surface area contributed by atoms with Gasteiger partial charge in [0.2, 0.25) is 0 Å². The van der Waals surface area contributed by atoms with Crippen molar-refractivity contribution in [2.45, 2.75) is 20.0 Å². The zero-order valence-electron chi connectivity index (χ0n) is 12.2. The smallest absolute Gasteiger partial charge is 0.141 e. The molecule has 0 fully saturated rings. The molecule has 114 valence electrons. The number of ether oxygens (including phenoxy) is 1. The van der Waals surface area contributed by atoms with Crippen LogP contribution in [0.3, 0.4) is 0 Å². The van der Waals surface area contributed by atoms with E-state index in [0.717, 1.165) is 29.9 Å². The average Bonchev–Trinajstić information content (AvgIpc) is 2.80. The number of hydrogen-bond donors (Lipinski definition) is 1. The third kappa shape index (κ3) is 4.27. The average molecular weight is 312 g/mol. The summed E-state index contributed by atoms with van der Waals surface area (Å²) in [6.45, 7) is 4.82. The first-order valence-electron chi connectivity index (χ1n) is 6.76. The highest BCUT2D eigenvalue weighted by atomic mass is 35.5. The molecular formula is C15H19ClFN3O. The first kappa shape index (κ1) is 15.9. The van der Waals surface area contributed by atoms with Crippen molar-refractivity contribution in [3.8, 4) is 0 Å². The zero-order chi connectivity index (χ0) is 15.2. The molecule has 1 aromatic carbocycles. The van der Waals surface area contributed by atoms with Gasteiger partial charge in [-0.1, -0.05) is 17.7 Å². The SMILES string of the molecule is COCCNCc1cnn(Cc2ccc(F)c(Cl)c2)c1C.